The van der Waals surface area contributed by atoms with Gasteiger partial charge in [-0.15, -0.1) is 5.10 Å². The number of hydrogen-bond donors (Lipinski definition) is 1. The predicted molar refractivity (Wildman–Crippen MR) is 75.4 cm³/mol. The Kier molecular flexibility index (Phi) is 4.04. The van der Waals surface area contributed by atoms with Crippen molar-refractivity contribution in [2.75, 3.05) is 11.9 Å². The van der Waals surface area contributed by atoms with Gasteiger partial charge in [-0.1, -0.05) is 6.92 Å². The number of nitrogens with one attached hydrogen (secondary N) is 1. The van der Waals surface area contributed by atoms with E-state index >= 15 is 0 Å². The zero-order valence-corrected chi connectivity index (χ0v) is 11.6. The molecule has 0 atom stereocenters. The summed E-state index contributed by atoms with van der Waals surface area (Å²) >= 11 is 0. The lowest BCUT2D eigenvalue weighted by Gasteiger charge is -2.05. The van der Waals surface area contributed by atoms with Gasteiger partial charge in [-0.3, -0.25) is 9.48 Å². The van der Waals surface area contributed by atoms with Gasteiger partial charge < -0.3 is 10.1 Å². The van der Waals surface area contributed by atoms with Crippen molar-refractivity contribution in [2.45, 2.75) is 26.7 Å². The van der Waals surface area contributed by atoms with Crippen LogP contribution in [0.1, 0.15) is 26.7 Å². The smallest absolute Gasteiger partial charge is 0.240 e. The highest BCUT2D eigenvalue weighted by Gasteiger charge is 2.10. The van der Waals surface area contributed by atoms with E-state index in [1.165, 1.54) is 0 Å². The zero-order chi connectivity index (χ0) is 13.8. The second kappa shape index (κ2) is 5.73. The molecule has 1 amide bonds. The normalized spacial score (nSPS) is 10.7. The molecule has 0 unspecified atom stereocenters. The second-order valence-corrected chi connectivity index (χ2v) is 4.39. The number of nitrogens with zero attached hydrogens (tertiary/aromatic N) is 2. The fraction of sp³-hybridized carbons (Fsp3) is 0.429. The lowest BCUT2D eigenvalue weighted by molar-refractivity contribution is -0.116. The number of aryl methyl sites for hydroxylation is 1. The van der Waals surface area contributed by atoms with E-state index in [1.807, 2.05) is 39.1 Å². The fourth-order valence-electron chi connectivity index (χ4n) is 2.01. The molecule has 1 N–H and O–H groups in total. The zero-order valence-electron chi connectivity index (χ0n) is 11.6. The average Bonchev–Trinajstić information content (AvgIpc) is 2.67. The molecule has 0 spiro atoms. The van der Waals surface area contributed by atoms with Crippen LogP contribution in [0.5, 0.6) is 5.88 Å². The summed E-state index contributed by atoms with van der Waals surface area (Å²) in [5, 5.41) is 8.12. The Hall–Kier alpha value is -2.04. The van der Waals surface area contributed by atoms with Crippen LogP contribution < -0.4 is 10.1 Å². The number of amides is 1. The molecule has 5 heteroatoms. The molecule has 0 radical (unpaired) electrons. The van der Waals surface area contributed by atoms with Crippen LogP contribution in [0.15, 0.2) is 18.2 Å². The molecule has 0 fully saturated rings. The number of benzene rings is 1. The predicted octanol–water partition coefficient (Wildman–Crippen LogP) is 2.71. The minimum atomic E-state index is 0.0312. The molecule has 2 rings (SSSR count). The van der Waals surface area contributed by atoms with Gasteiger partial charge in [0.1, 0.15) is 0 Å². The Morgan fingerprint density at radius 1 is 1.42 bits per heavy atom. The maximum atomic E-state index is 11.6. The van der Waals surface area contributed by atoms with Crippen LogP contribution in [0.25, 0.3) is 10.9 Å². The van der Waals surface area contributed by atoms with Crippen molar-refractivity contribution in [3.8, 4) is 5.88 Å². The van der Waals surface area contributed by atoms with E-state index in [0.29, 0.717) is 18.9 Å². The number of carbonyl (C=O) groups is 1. The molecule has 2 aromatic rings. The van der Waals surface area contributed by atoms with Crippen LogP contribution >= 0.6 is 0 Å². The molecular formula is C14H19N3O2. The third-order valence-electron chi connectivity index (χ3n) is 2.86. The van der Waals surface area contributed by atoms with E-state index in [1.54, 1.807) is 4.68 Å². The van der Waals surface area contributed by atoms with Crippen molar-refractivity contribution in [3.05, 3.63) is 18.2 Å². The Morgan fingerprint density at radius 3 is 2.89 bits per heavy atom. The maximum absolute atomic E-state index is 11.6. The van der Waals surface area contributed by atoms with Gasteiger partial charge in [-0.2, -0.15) is 0 Å². The number of anilines is 1. The van der Waals surface area contributed by atoms with Gasteiger partial charge in [-0.05, 0) is 31.5 Å². The first-order chi connectivity index (χ1) is 9.15. The van der Waals surface area contributed by atoms with Crippen molar-refractivity contribution < 1.29 is 9.53 Å². The standard InChI is InChI=1S/C14H19N3O2/c1-4-6-13(18)15-10-7-8-12-11(9-10)14(19-5-2)16-17(12)3/h7-9H,4-6H2,1-3H3,(H,15,18). The van der Waals surface area contributed by atoms with Gasteiger partial charge in [0.2, 0.25) is 11.8 Å². The van der Waals surface area contributed by atoms with Crippen LogP contribution in [-0.4, -0.2) is 22.3 Å². The molecule has 102 valence electrons. The molecule has 0 saturated carbocycles. The number of ether oxygens (including phenoxy) is 1. The first-order valence-corrected chi connectivity index (χ1v) is 6.55. The summed E-state index contributed by atoms with van der Waals surface area (Å²) in [5.74, 6) is 0.635. The lowest BCUT2D eigenvalue weighted by Crippen LogP contribution is -2.10. The summed E-state index contributed by atoms with van der Waals surface area (Å²) in [6.45, 7) is 4.48. The Labute approximate surface area is 112 Å². The van der Waals surface area contributed by atoms with Gasteiger partial charge in [0, 0.05) is 19.2 Å². The topological polar surface area (TPSA) is 56.1 Å². The first-order valence-electron chi connectivity index (χ1n) is 6.55. The molecule has 0 saturated heterocycles. The maximum Gasteiger partial charge on any atom is 0.240 e. The second-order valence-electron chi connectivity index (χ2n) is 4.39. The Bertz CT molecular complexity index is 590. The highest BCUT2D eigenvalue weighted by Crippen LogP contribution is 2.27. The molecule has 0 aliphatic rings. The minimum absolute atomic E-state index is 0.0312. The number of fused-ring (bicyclic) bond motifs is 1. The SMILES string of the molecule is CCCC(=O)Nc1ccc2c(c1)c(OCC)nn2C. The van der Waals surface area contributed by atoms with Gasteiger partial charge in [-0.25, -0.2) is 0 Å². The van der Waals surface area contributed by atoms with E-state index < -0.39 is 0 Å². The molecule has 0 aliphatic heterocycles. The molecule has 1 heterocycles. The summed E-state index contributed by atoms with van der Waals surface area (Å²) in [7, 11) is 1.88. The third kappa shape index (κ3) is 2.86. The van der Waals surface area contributed by atoms with Gasteiger partial charge in [0.15, 0.2) is 0 Å². The Morgan fingerprint density at radius 2 is 2.21 bits per heavy atom. The quantitative estimate of drug-likeness (QED) is 0.900. The van der Waals surface area contributed by atoms with Gasteiger partial charge >= 0.3 is 0 Å². The number of rotatable bonds is 5. The van der Waals surface area contributed by atoms with E-state index in [-0.39, 0.29) is 5.91 Å². The van der Waals surface area contributed by atoms with E-state index in [0.717, 1.165) is 23.0 Å². The number of hydrogen-bond acceptors (Lipinski definition) is 3. The molecule has 5 nitrogen and oxygen atoms in total. The van der Waals surface area contributed by atoms with Crippen molar-refractivity contribution in [2.24, 2.45) is 7.05 Å². The third-order valence-corrected chi connectivity index (χ3v) is 2.86. The molecule has 1 aromatic heterocycles. The van der Waals surface area contributed by atoms with Crippen molar-refractivity contribution in [1.82, 2.24) is 9.78 Å². The van der Waals surface area contributed by atoms with Crippen molar-refractivity contribution >= 4 is 22.5 Å². The largest absolute Gasteiger partial charge is 0.476 e. The summed E-state index contributed by atoms with van der Waals surface area (Å²) in [6.07, 6.45) is 1.37. The number of aromatic nitrogens is 2. The lowest BCUT2D eigenvalue weighted by atomic mass is 10.2. The molecule has 19 heavy (non-hydrogen) atoms. The molecule has 1 aromatic carbocycles. The van der Waals surface area contributed by atoms with Crippen molar-refractivity contribution in [3.63, 3.8) is 0 Å². The van der Waals surface area contributed by atoms with Crippen molar-refractivity contribution in [1.29, 1.82) is 0 Å². The molecular weight excluding hydrogens is 242 g/mol. The van der Waals surface area contributed by atoms with E-state index in [4.69, 9.17) is 4.74 Å². The fourth-order valence-corrected chi connectivity index (χ4v) is 2.01. The van der Waals surface area contributed by atoms with Gasteiger partial charge in [0.25, 0.3) is 0 Å². The summed E-state index contributed by atoms with van der Waals surface area (Å²) in [4.78, 5) is 11.6. The average molecular weight is 261 g/mol. The van der Waals surface area contributed by atoms with Gasteiger partial charge in [0.05, 0.1) is 17.5 Å². The monoisotopic (exact) mass is 261 g/mol. The van der Waals surface area contributed by atoms with Crippen LogP contribution in [0, 0.1) is 0 Å². The highest BCUT2D eigenvalue weighted by molar-refractivity contribution is 5.95. The van der Waals surface area contributed by atoms with E-state index in [2.05, 4.69) is 10.4 Å². The summed E-state index contributed by atoms with van der Waals surface area (Å²) in [6, 6.07) is 5.72. The van der Waals surface area contributed by atoms with Crippen LogP contribution in [0.3, 0.4) is 0 Å². The molecule has 0 aliphatic carbocycles. The summed E-state index contributed by atoms with van der Waals surface area (Å²) < 4.78 is 7.28. The first kappa shape index (κ1) is 13.4. The van der Waals surface area contributed by atoms with E-state index in [9.17, 15) is 4.79 Å². The highest BCUT2D eigenvalue weighted by atomic mass is 16.5. The minimum Gasteiger partial charge on any atom is -0.476 e. The summed E-state index contributed by atoms with van der Waals surface area (Å²) in [5.41, 5.74) is 1.76. The molecule has 0 bridgehead atoms. The van der Waals surface area contributed by atoms with Crippen LogP contribution in [-0.2, 0) is 11.8 Å². The number of carbonyl (C=O) groups excluding carboxylic acids is 1. The van der Waals surface area contributed by atoms with Crippen LogP contribution in [0.4, 0.5) is 5.69 Å². The Balaban J connectivity index is 2.33. The van der Waals surface area contributed by atoms with Crippen LogP contribution in [0.2, 0.25) is 0 Å².